The Labute approximate surface area is 128 Å². The number of nitriles is 1. The van der Waals surface area contributed by atoms with Gasteiger partial charge in [0.05, 0.1) is 16.1 Å². The van der Waals surface area contributed by atoms with Crippen LogP contribution in [0.15, 0.2) is 41.3 Å². The molecule has 0 saturated carbocycles. The van der Waals surface area contributed by atoms with E-state index in [0.717, 1.165) is 5.56 Å². The number of nitrogens with one attached hydrogen (secondary N) is 1. The number of nitrogens with two attached hydrogens (primary N) is 1. The number of benzene rings is 2. The van der Waals surface area contributed by atoms with Gasteiger partial charge >= 0.3 is 0 Å². The highest BCUT2D eigenvalue weighted by Crippen LogP contribution is 2.24. The van der Waals surface area contributed by atoms with Crippen LogP contribution in [0.25, 0.3) is 0 Å². The van der Waals surface area contributed by atoms with E-state index >= 15 is 0 Å². The molecule has 108 valence electrons. The van der Waals surface area contributed by atoms with Crippen LogP contribution in [-0.4, -0.2) is 8.42 Å². The number of nitrogens with zero attached hydrogens (tertiary/aromatic N) is 1. The molecule has 0 fully saturated rings. The summed E-state index contributed by atoms with van der Waals surface area (Å²) in [6.07, 6.45) is 0. The van der Waals surface area contributed by atoms with Crippen molar-refractivity contribution < 1.29 is 8.42 Å². The van der Waals surface area contributed by atoms with Gasteiger partial charge in [-0.15, -0.1) is 0 Å². The fourth-order valence-electron chi connectivity index (χ4n) is 1.83. The zero-order valence-corrected chi connectivity index (χ0v) is 12.7. The first-order valence-electron chi connectivity index (χ1n) is 5.91. The van der Waals surface area contributed by atoms with Crippen molar-refractivity contribution in [3.05, 3.63) is 52.5 Å². The van der Waals surface area contributed by atoms with Crippen LogP contribution in [0, 0.1) is 18.3 Å². The molecule has 2 aromatic rings. The molecule has 0 saturated heterocycles. The summed E-state index contributed by atoms with van der Waals surface area (Å²) in [6, 6.07) is 10.8. The summed E-state index contributed by atoms with van der Waals surface area (Å²) in [5, 5.41) is 9.35. The number of hydrogen-bond donors (Lipinski definition) is 2. The van der Waals surface area contributed by atoms with Crippen molar-refractivity contribution in [3.8, 4) is 6.07 Å². The minimum Gasteiger partial charge on any atom is -0.399 e. The predicted octanol–water partition coefficient (Wildman–Crippen LogP) is 2.90. The number of halogens is 1. The fraction of sp³-hybridized carbons (Fsp3) is 0.0714. The highest BCUT2D eigenvalue weighted by atomic mass is 35.5. The molecule has 5 nitrogen and oxygen atoms in total. The Morgan fingerprint density at radius 1 is 1.24 bits per heavy atom. The zero-order chi connectivity index (χ0) is 15.6. The van der Waals surface area contributed by atoms with Gasteiger partial charge < -0.3 is 5.73 Å². The van der Waals surface area contributed by atoms with E-state index in [9.17, 15) is 8.42 Å². The normalized spacial score (nSPS) is 10.9. The number of hydrogen-bond acceptors (Lipinski definition) is 4. The van der Waals surface area contributed by atoms with Crippen LogP contribution in [0.1, 0.15) is 11.1 Å². The van der Waals surface area contributed by atoms with Crippen LogP contribution in [-0.2, 0) is 10.0 Å². The van der Waals surface area contributed by atoms with Gasteiger partial charge in [0.15, 0.2) is 0 Å². The minimum absolute atomic E-state index is 0.0314. The van der Waals surface area contributed by atoms with Crippen molar-refractivity contribution in [2.45, 2.75) is 11.8 Å². The molecule has 0 heterocycles. The van der Waals surface area contributed by atoms with Gasteiger partial charge in [-0.3, -0.25) is 4.72 Å². The van der Waals surface area contributed by atoms with E-state index in [2.05, 4.69) is 4.72 Å². The largest absolute Gasteiger partial charge is 0.399 e. The molecular weight excluding hydrogens is 310 g/mol. The van der Waals surface area contributed by atoms with E-state index in [4.69, 9.17) is 22.6 Å². The van der Waals surface area contributed by atoms with Gasteiger partial charge in [-0.1, -0.05) is 11.6 Å². The monoisotopic (exact) mass is 321 g/mol. The summed E-state index contributed by atoms with van der Waals surface area (Å²) in [7, 11) is -3.85. The SMILES string of the molecule is Cc1cc(N)cc(S(=O)(=O)Nc2cc(Cl)ccc2C#N)c1. The fourth-order valence-corrected chi connectivity index (χ4v) is 3.21. The van der Waals surface area contributed by atoms with Crippen molar-refractivity contribution >= 4 is 33.0 Å². The van der Waals surface area contributed by atoms with Crippen molar-refractivity contribution in [2.75, 3.05) is 10.5 Å². The van der Waals surface area contributed by atoms with Gasteiger partial charge in [0.1, 0.15) is 6.07 Å². The van der Waals surface area contributed by atoms with E-state index in [1.165, 1.54) is 30.3 Å². The molecule has 0 bridgehead atoms. The van der Waals surface area contributed by atoms with E-state index in [-0.39, 0.29) is 16.1 Å². The maximum atomic E-state index is 12.4. The standard InChI is InChI=1S/C14H12ClN3O2S/c1-9-4-12(17)7-13(5-9)21(19,20)18-14-6-11(15)3-2-10(14)8-16/h2-7,18H,17H2,1H3. The van der Waals surface area contributed by atoms with Crippen molar-refractivity contribution in [3.63, 3.8) is 0 Å². The number of aryl methyl sites for hydroxylation is 1. The maximum absolute atomic E-state index is 12.4. The lowest BCUT2D eigenvalue weighted by atomic mass is 10.2. The van der Waals surface area contributed by atoms with Gasteiger partial charge in [0.2, 0.25) is 0 Å². The topological polar surface area (TPSA) is 96.0 Å². The Morgan fingerprint density at radius 3 is 2.57 bits per heavy atom. The summed E-state index contributed by atoms with van der Waals surface area (Å²) in [5.41, 5.74) is 7.05. The molecule has 7 heteroatoms. The molecule has 21 heavy (non-hydrogen) atoms. The lowest BCUT2D eigenvalue weighted by molar-refractivity contribution is 0.601. The van der Waals surface area contributed by atoms with Crippen LogP contribution in [0.4, 0.5) is 11.4 Å². The summed E-state index contributed by atoms with van der Waals surface area (Å²) in [4.78, 5) is 0.0314. The van der Waals surface area contributed by atoms with Crippen LogP contribution in [0.3, 0.4) is 0 Å². The van der Waals surface area contributed by atoms with E-state index in [1.54, 1.807) is 13.0 Å². The molecule has 0 aliphatic rings. The number of nitrogen functional groups attached to an aromatic ring is 1. The summed E-state index contributed by atoms with van der Waals surface area (Å²) >= 11 is 5.83. The lowest BCUT2D eigenvalue weighted by Crippen LogP contribution is -2.14. The average Bonchev–Trinajstić information content (AvgIpc) is 2.37. The number of anilines is 2. The summed E-state index contributed by atoms with van der Waals surface area (Å²) < 4.78 is 27.1. The molecule has 0 amide bonds. The quantitative estimate of drug-likeness (QED) is 0.849. The van der Waals surface area contributed by atoms with Gasteiger partial charge in [-0.05, 0) is 48.9 Å². The van der Waals surface area contributed by atoms with Gasteiger partial charge in [-0.2, -0.15) is 5.26 Å². The third-order valence-corrected chi connectivity index (χ3v) is 4.31. The van der Waals surface area contributed by atoms with Gasteiger partial charge in [-0.25, -0.2) is 8.42 Å². The summed E-state index contributed by atoms with van der Waals surface area (Å²) in [5.74, 6) is 0. The highest BCUT2D eigenvalue weighted by Gasteiger charge is 2.17. The van der Waals surface area contributed by atoms with Crippen molar-refractivity contribution in [1.82, 2.24) is 0 Å². The van der Waals surface area contributed by atoms with E-state index in [1.807, 2.05) is 6.07 Å². The first kappa shape index (κ1) is 15.2. The Bertz CT molecular complexity index is 822. The van der Waals surface area contributed by atoms with Gasteiger partial charge in [0.25, 0.3) is 10.0 Å². The molecule has 0 spiro atoms. The molecule has 3 N–H and O–H groups in total. The Kier molecular flexibility index (Phi) is 4.07. The third-order valence-electron chi connectivity index (χ3n) is 2.73. The van der Waals surface area contributed by atoms with Crippen LogP contribution < -0.4 is 10.5 Å². The first-order chi connectivity index (χ1) is 9.81. The lowest BCUT2D eigenvalue weighted by Gasteiger charge is -2.11. The van der Waals surface area contributed by atoms with Crippen LogP contribution in [0.5, 0.6) is 0 Å². The second kappa shape index (κ2) is 5.64. The first-order valence-corrected chi connectivity index (χ1v) is 7.77. The minimum atomic E-state index is -3.85. The van der Waals surface area contributed by atoms with Crippen molar-refractivity contribution in [2.24, 2.45) is 0 Å². The molecule has 0 unspecified atom stereocenters. The summed E-state index contributed by atoms with van der Waals surface area (Å²) in [6.45, 7) is 1.75. The molecule has 2 aromatic carbocycles. The van der Waals surface area contributed by atoms with E-state index in [0.29, 0.717) is 10.7 Å². The molecule has 0 aromatic heterocycles. The molecule has 0 aliphatic carbocycles. The molecule has 2 rings (SSSR count). The second-order valence-electron chi connectivity index (χ2n) is 4.49. The smallest absolute Gasteiger partial charge is 0.262 e. The Hall–Kier alpha value is -2.23. The number of sulfonamides is 1. The second-order valence-corrected chi connectivity index (χ2v) is 6.61. The van der Waals surface area contributed by atoms with E-state index < -0.39 is 10.0 Å². The molecule has 0 radical (unpaired) electrons. The molecule has 0 aliphatic heterocycles. The Morgan fingerprint density at radius 2 is 1.95 bits per heavy atom. The molecule has 0 atom stereocenters. The average molecular weight is 322 g/mol. The van der Waals surface area contributed by atoms with Crippen molar-refractivity contribution in [1.29, 1.82) is 5.26 Å². The van der Waals surface area contributed by atoms with Crippen LogP contribution in [0.2, 0.25) is 5.02 Å². The molecular formula is C14H12ClN3O2S. The third kappa shape index (κ3) is 3.45. The highest BCUT2D eigenvalue weighted by molar-refractivity contribution is 7.92. The number of rotatable bonds is 3. The zero-order valence-electron chi connectivity index (χ0n) is 11.1. The maximum Gasteiger partial charge on any atom is 0.262 e. The van der Waals surface area contributed by atoms with Gasteiger partial charge in [0, 0.05) is 10.7 Å². The van der Waals surface area contributed by atoms with Crippen LogP contribution >= 0.6 is 11.6 Å². The predicted molar refractivity (Wildman–Crippen MR) is 82.6 cm³/mol. The Balaban J connectivity index is 2.47.